The van der Waals surface area contributed by atoms with Crippen LogP contribution in [0.3, 0.4) is 0 Å². The molecule has 0 aliphatic carbocycles. The van der Waals surface area contributed by atoms with E-state index in [0.717, 1.165) is 16.0 Å². The fraction of sp³-hybridized carbons (Fsp3) is 0.200. The van der Waals surface area contributed by atoms with Crippen molar-refractivity contribution >= 4 is 16.5 Å². The molecule has 18 heavy (non-hydrogen) atoms. The Labute approximate surface area is 110 Å². The second kappa shape index (κ2) is 5.36. The van der Waals surface area contributed by atoms with Gasteiger partial charge >= 0.3 is 0 Å². The molecule has 1 unspecified atom stereocenters. The van der Waals surface area contributed by atoms with Crippen LogP contribution in [0.15, 0.2) is 47.4 Å². The molecule has 2 nitrogen and oxygen atoms in total. The fourth-order valence-electron chi connectivity index (χ4n) is 1.77. The Kier molecular flexibility index (Phi) is 3.82. The van der Waals surface area contributed by atoms with Crippen LogP contribution in [0.2, 0.25) is 0 Å². The minimum atomic E-state index is -1.09. The smallest absolute Gasteiger partial charge is 0.0623 e. The lowest BCUT2D eigenvalue weighted by atomic mass is 10.2. The second-order valence-corrected chi connectivity index (χ2v) is 5.88. The van der Waals surface area contributed by atoms with E-state index in [9.17, 15) is 4.21 Å². The summed E-state index contributed by atoms with van der Waals surface area (Å²) in [6, 6.07) is 13.8. The first-order valence-corrected chi connectivity index (χ1v) is 7.19. The number of para-hydroxylation sites is 1. The van der Waals surface area contributed by atoms with Gasteiger partial charge in [0.2, 0.25) is 0 Å². The van der Waals surface area contributed by atoms with Crippen molar-refractivity contribution in [1.29, 1.82) is 0 Å². The number of anilines is 1. The zero-order chi connectivity index (χ0) is 13.1. The molecule has 1 atom stereocenters. The van der Waals surface area contributed by atoms with Gasteiger partial charge in [-0.05, 0) is 31.0 Å². The third-order valence-corrected chi connectivity index (χ3v) is 4.39. The Morgan fingerprint density at radius 3 is 2.39 bits per heavy atom. The van der Waals surface area contributed by atoms with Gasteiger partial charge in [0.05, 0.1) is 27.1 Å². The quantitative estimate of drug-likeness (QED) is 0.860. The third kappa shape index (κ3) is 2.79. The summed E-state index contributed by atoms with van der Waals surface area (Å²) in [4.78, 5) is 0.732. The highest BCUT2D eigenvalue weighted by molar-refractivity contribution is 7.84. The van der Waals surface area contributed by atoms with E-state index in [4.69, 9.17) is 5.73 Å². The minimum absolute atomic E-state index is 0.508. The molecule has 0 saturated heterocycles. The molecule has 3 heteroatoms. The van der Waals surface area contributed by atoms with Crippen LogP contribution < -0.4 is 5.73 Å². The first-order valence-electron chi connectivity index (χ1n) is 5.87. The molecule has 0 amide bonds. The molecule has 2 rings (SSSR count). The normalized spacial score (nSPS) is 12.3. The molecule has 0 saturated carbocycles. The minimum Gasteiger partial charge on any atom is -0.398 e. The van der Waals surface area contributed by atoms with Crippen LogP contribution in [0.5, 0.6) is 0 Å². The number of benzene rings is 2. The first-order chi connectivity index (χ1) is 8.58. The van der Waals surface area contributed by atoms with E-state index < -0.39 is 10.8 Å². The monoisotopic (exact) mass is 259 g/mol. The summed E-state index contributed by atoms with van der Waals surface area (Å²) >= 11 is 0. The lowest BCUT2D eigenvalue weighted by molar-refractivity contribution is 0.683. The Morgan fingerprint density at radius 2 is 1.72 bits per heavy atom. The summed E-state index contributed by atoms with van der Waals surface area (Å²) < 4.78 is 12.3. The maximum absolute atomic E-state index is 12.3. The summed E-state index contributed by atoms with van der Waals surface area (Å²) in [6.45, 7) is 3.97. The molecule has 2 aromatic rings. The Balaban J connectivity index is 2.22. The highest BCUT2D eigenvalue weighted by atomic mass is 32.2. The van der Waals surface area contributed by atoms with Gasteiger partial charge in [0.25, 0.3) is 0 Å². The van der Waals surface area contributed by atoms with Gasteiger partial charge < -0.3 is 5.73 Å². The second-order valence-electron chi connectivity index (χ2n) is 4.46. The zero-order valence-electron chi connectivity index (χ0n) is 10.6. The van der Waals surface area contributed by atoms with Gasteiger partial charge in [-0.2, -0.15) is 0 Å². The number of nitrogen functional groups attached to an aromatic ring is 1. The molecule has 2 aromatic carbocycles. The maximum atomic E-state index is 12.3. The molecule has 0 fully saturated rings. The lowest BCUT2D eigenvalue weighted by Crippen LogP contribution is -2.02. The number of rotatable bonds is 3. The molecule has 0 aromatic heterocycles. The van der Waals surface area contributed by atoms with Crippen LogP contribution >= 0.6 is 0 Å². The van der Waals surface area contributed by atoms with E-state index in [0.29, 0.717) is 11.4 Å². The van der Waals surface area contributed by atoms with E-state index in [2.05, 4.69) is 0 Å². The predicted octanol–water partition coefficient (Wildman–Crippen LogP) is 3.19. The molecule has 0 spiro atoms. The topological polar surface area (TPSA) is 43.1 Å². The van der Waals surface area contributed by atoms with Crippen molar-refractivity contribution in [3.63, 3.8) is 0 Å². The van der Waals surface area contributed by atoms with Crippen LogP contribution in [0.25, 0.3) is 0 Å². The summed E-state index contributed by atoms with van der Waals surface area (Å²) in [7, 11) is -1.09. The maximum Gasteiger partial charge on any atom is 0.0623 e. The average molecular weight is 259 g/mol. The SMILES string of the molecule is Cc1ccc(CS(=O)c2cccc(C)c2N)cc1. The standard InChI is InChI=1S/C15H17NOS/c1-11-6-8-13(9-7-11)10-18(17)14-5-3-4-12(2)15(14)16/h3-9H,10,16H2,1-2H3. The van der Waals surface area contributed by atoms with E-state index >= 15 is 0 Å². The van der Waals surface area contributed by atoms with E-state index in [1.54, 1.807) is 0 Å². The van der Waals surface area contributed by atoms with Crippen LogP contribution in [0.4, 0.5) is 5.69 Å². The Bertz CT molecular complexity index is 576. The van der Waals surface area contributed by atoms with Crippen molar-refractivity contribution < 1.29 is 4.21 Å². The van der Waals surface area contributed by atoms with E-state index in [-0.39, 0.29) is 0 Å². The van der Waals surface area contributed by atoms with Gasteiger partial charge in [-0.25, -0.2) is 0 Å². The van der Waals surface area contributed by atoms with Gasteiger partial charge in [-0.15, -0.1) is 0 Å². The summed E-state index contributed by atoms with van der Waals surface area (Å²) in [5.74, 6) is 0.508. The van der Waals surface area contributed by atoms with Crippen molar-refractivity contribution in [1.82, 2.24) is 0 Å². The largest absolute Gasteiger partial charge is 0.398 e. The molecule has 0 radical (unpaired) electrons. The zero-order valence-corrected chi connectivity index (χ0v) is 11.5. The molecule has 0 aliphatic heterocycles. The van der Waals surface area contributed by atoms with E-state index in [1.165, 1.54) is 5.56 Å². The lowest BCUT2D eigenvalue weighted by Gasteiger charge is -2.08. The van der Waals surface area contributed by atoms with Crippen molar-refractivity contribution in [3.05, 3.63) is 59.2 Å². The summed E-state index contributed by atoms with van der Waals surface area (Å²) in [6.07, 6.45) is 0. The Hall–Kier alpha value is -1.61. The van der Waals surface area contributed by atoms with Crippen molar-refractivity contribution in [2.24, 2.45) is 0 Å². The molecular formula is C15H17NOS. The molecule has 0 bridgehead atoms. The molecule has 94 valence electrons. The molecule has 2 N–H and O–H groups in total. The highest BCUT2D eigenvalue weighted by Crippen LogP contribution is 2.22. The fourth-order valence-corrected chi connectivity index (χ4v) is 3.05. The first kappa shape index (κ1) is 12.8. The van der Waals surface area contributed by atoms with Gasteiger partial charge in [0.15, 0.2) is 0 Å². The molecule has 0 aliphatic rings. The van der Waals surface area contributed by atoms with E-state index in [1.807, 2.05) is 56.3 Å². The number of hydrogen-bond acceptors (Lipinski definition) is 2. The van der Waals surface area contributed by atoms with Crippen molar-refractivity contribution in [2.75, 3.05) is 5.73 Å². The predicted molar refractivity (Wildman–Crippen MR) is 76.9 cm³/mol. The van der Waals surface area contributed by atoms with Crippen molar-refractivity contribution in [3.8, 4) is 0 Å². The summed E-state index contributed by atoms with van der Waals surface area (Å²) in [5, 5.41) is 0. The number of aryl methyl sites for hydroxylation is 2. The third-order valence-electron chi connectivity index (χ3n) is 2.95. The Morgan fingerprint density at radius 1 is 1.06 bits per heavy atom. The van der Waals surface area contributed by atoms with Crippen molar-refractivity contribution in [2.45, 2.75) is 24.5 Å². The van der Waals surface area contributed by atoms with Gasteiger partial charge in [0, 0.05) is 0 Å². The van der Waals surface area contributed by atoms with Crippen LogP contribution in [-0.4, -0.2) is 4.21 Å². The van der Waals surface area contributed by atoms with Crippen LogP contribution in [0, 0.1) is 13.8 Å². The average Bonchev–Trinajstić information content (AvgIpc) is 2.35. The highest BCUT2D eigenvalue weighted by Gasteiger charge is 2.10. The van der Waals surface area contributed by atoms with Gasteiger partial charge in [-0.3, -0.25) is 4.21 Å². The molecular weight excluding hydrogens is 242 g/mol. The van der Waals surface area contributed by atoms with Crippen LogP contribution in [0.1, 0.15) is 16.7 Å². The number of nitrogens with two attached hydrogens (primary N) is 1. The van der Waals surface area contributed by atoms with Gasteiger partial charge in [0.1, 0.15) is 0 Å². The van der Waals surface area contributed by atoms with Crippen LogP contribution in [-0.2, 0) is 16.6 Å². The van der Waals surface area contributed by atoms with Gasteiger partial charge in [-0.1, -0.05) is 42.0 Å². The molecule has 0 heterocycles. The number of hydrogen-bond donors (Lipinski definition) is 1. The summed E-state index contributed by atoms with van der Waals surface area (Å²) in [5.41, 5.74) is 9.86.